The van der Waals surface area contributed by atoms with Gasteiger partial charge in [0.15, 0.2) is 0 Å². The molecule has 0 bridgehead atoms. The third kappa shape index (κ3) is 2.59. The topological polar surface area (TPSA) is 9.23 Å². The first-order valence-electron chi connectivity index (χ1n) is 4.24. The molecule has 0 saturated heterocycles. The summed E-state index contributed by atoms with van der Waals surface area (Å²) in [6, 6.07) is 10.1. The Morgan fingerprint density at radius 3 is 2.93 bits per heavy atom. The molecule has 1 nitrogen and oxygen atoms in total. The zero-order valence-electron chi connectivity index (χ0n) is 7.44. The molecule has 72 valence electrons. The van der Waals surface area contributed by atoms with Crippen molar-refractivity contribution >= 4 is 27.3 Å². The molecule has 1 aromatic carbocycles. The van der Waals surface area contributed by atoms with Gasteiger partial charge in [-0.05, 0) is 29.1 Å². The molecule has 0 radical (unpaired) electrons. The van der Waals surface area contributed by atoms with Crippen LogP contribution in [-0.4, -0.2) is 0 Å². The molecule has 0 aliphatic rings. The quantitative estimate of drug-likeness (QED) is 0.815. The average Bonchev–Trinajstić information content (AvgIpc) is 2.67. The van der Waals surface area contributed by atoms with Gasteiger partial charge in [0.05, 0.1) is 0 Å². The van der Waals surface area contributed by atoms with E-state index in [2.05, 4.69) is 28.1 Å². The van der Waals surface area contributed by atoms with Crippen LogP contribution in [0.4, 0.5) is 0 Å². The molecule has 0 aliphatic heterocycles. The van der Waals surface area contributed by atoms with Crippen molar-refractivity contribution in [3.05, 3.63) is 51.1 Å². The highest BCUT2D eigenvalue weighted by Gasteiger charge is 1.96. The van der Waals surface area contributed by atoms with Gasteiger partial charge in [-0.2, -0.15) is 0 Å². The average molecular weight is 269 g/mol. The van der Waals surface area contributed by atoms with Crippen molar-refractivity contribution in [3.8, 4) is 5.75 Å². The van der Waals surface area contributed by atoms with E-state index in [1.165, 1.54) is 5.56 Å². The van der Waals surface area contributed by atoms with E-state index in [0.717, 1.165) is 10.2 Å². The number of hydrogen-bond acceptors (Lipinski definition) is 2. The molecule has 0 spiro atoms. The van der Waals surface area contributed by atoms with Crippen molar-refractivity contribution in [1.82, 2.24) is 0 Å². The van der Waals surface area contributed by atoms with Crippen molar-refractivity contribution < 1.29 is 4.74 Å². The van der Waals surface area contributed by atoms with E-state index < -0.39 is 0 Å². The number of benzene rings is 1. The lowest BCUT2D eigenvalue weighted by molar-refractivity contribution is 0.307. The number of halogens is 1. The van der Waals surface area contributed by atoms with E-state index in [1.807, 2.05) is 29.0 Å². The maximum Gasteiger partial charge on any atom is 0.130 e. The molecule has 3 heteroatoms. The van der Waals surface area contributed by atoms with E-state index in [-0.39, 0.29) is 0 Å². The summed E-state index contributed by atoms with van der Waals surface area (Å²) in [7, 11) is 0. The van der Waals surface area contributed by atoms with Gasteiger partial charge >= 0.3 is 0 Å². The van der Waals surface area contributed by atoms with Gasteiger partial charge in [-0.1, -0.05) is 28.1 Å². The van der Waals surface area contributed by atoms with E-state index >= 15 is 0 Å². The first-order valence-corrected chi connectivity index (χ1v) is 5.97. The molecule has 0 atom stereocenters. The fourth-order valence-corrected chi connectivity index (χ4v) is 2.15. The summed E-state index contributed by atoms with van der Waals surface area (Å²) in [6.07, 6.45) is 0. The highest BCUT2D eigenvalue weighted by atomic mass is 79.9. The van der Waals surface area contributed by atoms with Crippen LogP contribution in [0.5, 0.6) is 5.75 Å². The van der Waals surface area contributed by atoms with Gasteiger partial charge < -0.3 is 4.74 Å². The van der Waals surface area contributed by atoms with Gasteiger partial charge in [-0.15, -0.1) is 11.3 Å². The van der Waals surface area contributed by atoms with Crippen molar-refractivity contribution in [2.24, 2.45) is 0 Å². The minimum Gasteiger partial charge on any atom is -0.488 e. The molecule has 0 fully saturated rings. The van der Waals surface area contributed by atoms with Gasteiger partial charge in [-0.25, -0.2) is 0 Å². The van der Waals surface area contributed by atoms with Crippen LogP contribution < -0.4 is 4.74 Å². The van der Waals surface area contributed by atoms with Crippen LogP contribution in [0, 0.1) is 0 Å². The zero-order chi connectivity index (χ0) is 9.80. The van der Waals surface area contributed by atoms with Gasteiger partial charge in [0, 0.05) is 9.85 Å². The molecule has 0 aliphatic carbocycles. The summed E-state index contributed by atoms with van der Waals surface area (Å²) in [5, 5.41) is 4.01. The van der Waals surface area contributed by atoms with E-state index in [1.54, 1.807) is 11.3 Å². The minimum atomic E-state index is 0.621. The van der Waals surface area contributed by atoms with Gasteiger partial charge in [-0.3, -0.25) is 0 Å². The standard InChI is InChI=1S/C11H9BrOS/c12-10-3-1-2-9(6-10)7-13-11-4-5-14-8-11/h1-6,8H,7H2. The highest BCUT2D eigenvalue weighted by molar-refractivity contribution is 9.10. The lowest BCUT2D eigenvalue weighted by Gasteiger charge is -2.03. The smallest absolute Gasteiger partial charge is 0.130 e. The summed E-state index contributed by atoms with van der Waals surface area (Å²) >= 11 is 5.07. The predicted molar refractivity (Wildman–Crippen MR) is 62.8 cm³/mol. The Morgan fingerprint density at radius 1 is 1.29 bits per heavy atom. The summed E-state index contributed by atoms with van der Waals surface area (Å²) < 4.78 is 6.66. The molecule has 1 aromatic heterocycles. The zero-order valence-corrected chi connectivity index (χ0v) is 9.85. The maximum atomic E-state index is 5.58. The second-order valence-corrected chi connectivity index (χ2v) is 4.57. The van der Waals surface area contributed by atoms with Crippen LogP contribution in [0.25, 0.3) is 0 Å². The Kier molecular flexibility index (Phi) is 3.22. The molecule has 2 rings (SSSR count). The van der Waals surface area contributed by atoms with Crippen molar-refractivity contribution in [2.45, 2.75) is 6.61 Å². The van der Waals surface area contributed by atoms with Gasteiger partial charge in [0.2, 0.25) is 0 Å². The lowest BCUT2D eigenvalue weighted by Crippen LogP contribution is -1.93. The SMILES string of the molecule is Brc1cccc(COc2ccsc2)c1. The Morgan fingerprint density at radius 2 is 2.21 bits per heavy atom. The van der Waals surface area contributed by atoms with E-state index in [9.17, 15) is 0 Å². The first-order chi connectivity index (χ1) is 6.84. The number of thiophene rings is 1. The molecule has 0 saturated carbocycles. The first kappa shape index (κ1) is 9.74. The van der Waals surface area contributed by atoms with Crippen molar-refractivity contribution in [2.75, 3.05) is 0 Å². The molecule has 0 unspecified atom stereocenters. The summed E-state index contributed by atoms with van der Waals surface area (Å²) in [4.78, 5) is 0. The van der Waals surface area contributed by atoms with E-state index in [4.69, 9.17) is 4.74 Å². The third-order valence-corrected chi connectivity index (χ3v) is 2.94. The van der Waals surface area contributed by atoms with Crippen molar-refractivity contribution in [3.63, 3.8) is 0 Å². The van der Waals surface area contributed by atoms with Crippen LogP contribution in [0.15, 0.2) is 45.6 Å². The van der Waals surface area contributed by atoms with Crippen molar-refractivity contribution in [1.29, 1.82) is 0 Å². The molecule has 1 heterocycles. The Balaban J connectivity index is 1.98. The number of ether oxygens (including phenoxy) is 1. The van der Waals surface area contributed by atoms with Crippen LogP contribution >= 0.6 is 27.3 Å². The number of hydrogen-bond donors (Lipinski definition) is 0. The van der Waals surface area contributed by atoms with Crippen LogP contribution in [0.2, 0.25) is 0 Å². The van der Waals surface area contributed by atoms with Gasteiger partial charge in [0.25, 0.3) is 0 Å². The second-order valence-electron chi connectivity index (χ2n) is 2.88. The minimum absolute atomic E-state index is 0.621. The fourth-order valence-electron chi connectivity index (χ4n) is 1.13. The summed E-state index contributed by atoms with van der Waals surface area (Å²) in [5.41, 5.74) is 1.17. The monoisotopic (exact) mass is 268 g/mol. The molecule has 0 amide bonds. The van der Waals surface area contributed by atoms with Crippen LogP contribution in [0.1, 0.15) is 5.56 Å². The molecule has 2 aromatic rings. The van der Waals surface area contributed by atoms with Crippen LogP contribution in [-0.2, 0) is 6.61 Å². The Bertz CT molecular complexity index is 397. The molecule has 0 N–H and O–H groups in total. The maximum absolute atomic E-state index is 5.58. The normalized spacial score (nSPS) is 10.1. The summed E-state index contributed by atoms with van der Waals surface area (Å²) in [5.74, 6) is 0.940. The van der Waals surface area contributed by atoms with Crippen LogP contribution in [0.3, 0.4) is 0 Å². The Hall–Kier alpha value is -0.800. The summed E-state index contributed by atoms with van der Waals surface area (Å²) in [6.45, 7) is 0.621. The Labute approximate surface area is 95.5 Å². The second kappa shape index (κ2) is 4.62. The predicted octanol–water partition coefficient (Wildman–Crippen LogP) is 4.09. The van der Waals surface area contributed by atoms with Gasteiger partial charge in [0.1, 0.15) is 12.4 Å². The van der Waals surface area contributed by atoms with E-state index in [0.29, 0.717) is 6.61 Å². The molecular weight excluding hydrogens is 260 g/mol. The number of rotatable bonds is 3. The third-order valence-electron chi connectivity index (χ3n) is 1.79. The molecule has 14 heavy (non-hydrogen) atoms. The largest absolute Gasteiger partial charge is 0.488 e. The fraction of sp³-hybridized carbons (Fsp3) is 0.0909. The highest BCUT2D eigenvalue weighted by Crippen LogP contribution is 2.17. The lowest BCUT2D eigenvalue weighted by atomic mass is 10.2. The molecular formula is C11H9BrOS.